The fraction of sp³-hybridized carbons (Fsp3) is 0.750. The van der Waals surface area contributed by atoms with Gasteiger partial charge in [-0.1, -0.05) is 52.3 Å². The van der Waals surface area contributed by atoms with Crippen molar-refractivity contribution in [2.24, 2.45) is 45.3 Å². The van der Waals surface area contributed by atoms with Crippen LogP contribution in [0.4, 0.5) is 0 Å². The molecule has 1 aliphatic heterocycles. The number of carbonyl (C=O) groups excluding carboxylic acids is 3. The van der Waals surface area contributed by atoms with E-state index in [-0.39, 0.29) is 57.8 Å². The summed E-state index contributed by atoms with van der Waals surface area (Å²) in [6.07, 6.45) is 10.3. The summed E-state index contributed by atoms with van der Waals surface area (Å²) in [6.45, 7) is 13.1. The topological polar surface area (TPSA) is 69.7 Å². The molecule has 1 heterocycles. The van der Waals surface area contributed by atoms with Gasteiger partial charge in [0.05, 0.1) is 13.0 Å². The van der Waals surface area contributed by atoms with Crippen molar-refractivity contribution in [2.45, 2.75) is 79.8 Å². The molecule has 5 rings (SSSR count). The summed E-state index contributed by atoms with van der Waals surface area (Å²) in [5.74, 6) is 0.853. The number of ketones is 1. The predicted octanol–water partition coefficient (Wildman–Crippen LogP) is 5.04. The number of ether oxygens (including phenoxy) is 2. The summed E-state index contributed by atoms with van der Waals surface area (Å²) in [4.78, 5) is 37.1. The normalized spacial score (nSPS) is 47.8. The highest BCUT2D eigenvalue weighted by Crippen LogP contribution is 2.72. The lowest BCUT2D eigenvalue weighted by Gasteiger charge is -2.66. The van der Waals surface area contributed by atoms with E-state index < -0.39 is 5.41 Å². The first-order valence-electron chi connectivity index (χ1n) is 12.6. The van der Waals surface area contributed by atoms with Crippen molar-refractivity contribution in [1.82, 2.24) is 0 Å². The van der Waals surface area contributed by atoms with Gasteiger partial charge in [-0.3, -0.25) is 14.4 Å². The second kappa shape index (κ2) is 7.05. The Hall–Kier alpha value is -1.91. The van der Waals surface area contributed by atoms with Crippen LogP contribution in [0.3, 0.4) is 0 Å². The molecule has 0 aromatic rings. The zero-order valence-corrected chi connectivity index (χ0v) is 20.9. The highest BCUT2D eigenvalue weighted by Gasteiger charge is 2.68. The average Bonchev–Trinajstić information content (AvgIpc) is 3.30. The summed E-state index contributed by atoms with van der Waals surface area (Å²) in [5, 5.41) is 0. The second-order valence-corrected chi connectivity index (χ2v) is 12.6. The van der Waals surface area contributed by atoms with E-state index in [1.165, 1.54) is 12.5 Å². The number of fused-ring (bicyclic) bond motifs is 5. The van der Waals surface area contributed by atoms with Crippen molar-refractivity contribution >= 4 is 17.7 Å². The Balaban J connectivity index is 1.60. The van der Waals surface area contributed by atoms with E-state index in [9.17, 15) is 14.4 Å². The Morgan fingerprint density at radius 1 is 1.12 bits per heavy atom. The number of cyclic esters (lactones) is 1. The van der Waals surface area contributed by atoms with Gasteiger partial charge in [-0.2, -0.15) is 0 Å². The Labute approximate surface area is 197 Å². The van der Waals surface area contributed by atoms with E-state index in [2.05, 4.69) is 46.8 Å². The summed E-state index contributed by atoms with van der Waals surface area (Å²) in [7, 11) is 0. The molecule has 2 saturated carbocycles. The van der Waals surface area contributed by atoms with Crippen LogP contribution < -0.4 is 0 Å². The zero-order chi connectivity index (χ0) is 24.0. The third-order valence-electron chi connectivity index (χ3n) is 10.8. The first-order valence-corrected chi connectivity index (χ1v) is 12.6. The summed E-state index contributed by atoms with van der Waals surface area (Å²) in [6, 6.07) is 0. The molecule has 5 nitrogen and oxygen atoms in total. The molecule has 5 aliphatic rings. The van der Waals surface area contributed by atoms with Crippen molar-refractivity contribution in [2.75, 3.05) is 6.61 Å². The van der Waals surface area contributed by atoms with E-state index in [0.29, 0.717) is 25.4 Å². The Morgan fingerprint density at radius 3 is 2.48 bits per heavy atom. The van der Waals surface area contributed by atoms with Gasteiger partial charge in [0, 0.05) is 23.7 Å². The SMILES string of the molecule is CC(=O)O[C@@H]1C[C@H]2C(C)(C)C(=O)C=C[C@]2(C)[C@H]2CC[C@]3(C)C(=CC[C@H]3C3COC(=O)C3)[C@@]21C. The predicted molar refractivity (Wildman–Crippen MR) is 124 cm³/mol. The van der Waals surface area contributed by atoms with Crippen LogP contribution in [0.25, 0.3) is 0 Å². The third kappa shape index (κ3) is 2.93. The number of rotatable bonds is 2. The second-order valence-electron chi connectivity index (χ2n) is 12.6. The maximum atomic E-state index is 12.9. The van der Waals surface area contributed by atoms with Gasteiger partial charge in [0.25, 0.3) is 0 Å². The van der Waals surface area contributed by atoms with Gasteiger partial charge in [-0.25, -0.2) is 0 Å². The van der Waals surface area contributed by atoms with Crippen LogP contribution in [-0.4, -0.2) is 30.4 Å². The Bertz CT molecular complexity index is 975. The van der Waals surface area contributed by atoms with Gasteiger partial charge in [-0.15, -0.1) is 0 Å². The molecule has 0 amide bonds. The lowest BCUT2D eigenvalue weighted by atomic mass is 9.38. The van der Waals surface area contributed by atoms with Gasteiger partial charge in [0.2, 0.25) is 0 Å². The van der Waals surface area contributed by atoms with Crippen molar-refractivity contribution < 1.29 is 23.9 Å². The van der Waals surface area contributed by atoms with Crippen molar-refractivity contribution in [3.63, 3.8) is 0 Å². The Morgan fingerprint density at radius 2 is 1.85 bits per heavy atom. The molecule has 3 fully saturated rings. The number of esters is 2. The summed E-state index contributed by atoms with van der Waals surface area (Å²) in [5.41, 5.74) is 0.441. The largest absolute Gasteiger partial charge is 0.465 e. The molecule has 33 heavy (non-hydrogen) atoms. The molecule has 1 unspecified atom stereocenters. The molecule has 0 bridgehead atoms. The van der Waals surface area contributed by atoms with Crippen LogP contribution in [-0.2, 0) is 23.9 Å². The smallest absolute Gasteiger partial charge is 0.306 e. The molecule has 180 valence electrons. The zero-order valence-electron chi connectivity index (χ0n) is 20.9. The first kappa shape index (κ1) is 22.9. The molecule has 1 saturated heterocycles. The summed E-state index contributed by atoms with van der Waals surface area (Å²) >= 11 is 0. The minimum Gasteiger partial charge on any atom is -0.465 e. The fourth-order valence-electron chi connectivity index (χ4n) is 9.16. The molecule has 0 aromatic carbocycles. The van der Waals surface area contributed by atoms with Gasteiger partial charge in [-0.05, 0) is 60.3 Å². The number of hydrogen-bond acceptors (Lipinski definition) is 5. The lowest BCUT2D eigenvalue weighted by Crippen LogP contribution is -2.64. The maximum absolute atomic E-state index is 12.9. The quantitative estimate of drug-likeness (QED) is 0.432. The highest BCUT2D eigenvalue weighted by molar-refractivity contribution is 5.95. The molecule has 0 N–H and O–H groups in total. The maximum Gasteiger partial charge on any atom is 0.306 e. The van der Waals surface area contributed by atoms with Crippen LogP contribution in [0.1, 0.15) is 73.6 Å². The number of allylic oxidation sites excluding steroid dienone is 3. The lowest BCUT2D eigenvalue weighted by molar-refractivity contribution is -0.188. The van der Waals surface area contributed by atoms with Crippen LogP contribution in [0.5, 0.6) is 0 Å². The van der Waals surface area contributed by atoms with Crippen LogP contribution in [0.2, 0.25) is 0 Å². The molecule has 4 aliphatic carbocycles. The third-order valence-corrected chi connectivity index (χ3v) is 10.8. The highest BCUT2D eigenvalue weighted by atomic mass is 16.5. The van der Waals surface area contributed by atoms with Crippen LogP contribution in [0, 0.1) is 45.3 Å². The molecule has 5 heteroatoms. The minimum atomic E-state index is -0.488. The minimum absolute atomic E-state index is 0.0325. The molecule has 8 atom stereocenters. The fourth-order valence-corrected chi connectivity index (χ4v) is 9.16. The Kier molecular flexibility index (Phi) is 4.89. The van der Waals surface area contributed by atoms with Crippen molar-refractivity contribution in [3.8, 4) is 0 Å². The molecule has 0 aromatic heterocycles. The van der Waals surface area contributed by atoms with Crippen LogP contribution in [0.15, 0.2) is 23.8 Å². The van der Waals surface area contributed by atoms with Gasteiger partial charge < -0.3 is 9.47 Å². The van der Waals surface area contributed by atoms with Gasteiger partial charge in [0.15, 0.2) is 5.78 Å². The van der Waals surface area contributed by atoms with E-state index in [4.69, 9.17) is 9.47 Å². The van der Waals surface area contributed by atoms with Gasteiger partial charge >= 0.3 is 11.9 Å². The van der Waals surface area contributed by atoms with E-state index >= 15 is 0 Å². The molecule has 0 spiro atoms. The number of carbonyl (C=O) groups is 3. The van der Waals surface area contributed by atoms with E-state index in [1.807, 2.05) is 6.08 Å². The standard InChI is InChI=1S/C28H38O5/c1-16(29)33-23-14-21-25(2,3)22(30)10-12-27(21,5)20-9-11-26(4)18(17-13-24(31)32-15-17)7-8-19(26)28(20,23)6/h8,10,12,17-18,20-21,23H,7,9,11,13-15H2,1-6H3/t17?,18-,20+,21-,23+,26-,27+,28-/m0/s1. The van der Waals surface area contributed by atoms with E-state index in [1.54, 1.807) is 0 Å². The van der Waals surface area contributed by atoms with Crippen LogP contribution >= 0.6 is 0 Å². The monoisotopic (exact) mass is 454 g/mol. The molecular weight excluding hydrogens is 416 g/mol. The average molecular weight is 455 g/mol. The first-order chi connectivity index (χ1) is 15.3. The van der Waals surface area contributed by atoms with Crippen molar-refractivity contribution in [1.29, 1.82) is 0 Å². The van der Waals surface area contributed by atoms with Crippen molar-refractivity contribution in [3.05, 3.63) is 23.8 Å². The molecule has 0 radical (unpaired) electrons. The van der Waals surface area contributed by atoms with E-state index in [0.717, 1.165) is 19.3 Å². The van der Waals surface area contributed by atoms with Gasteiger partial charge in [0.1, 0.15) is 6.10 Å². The number of hydrogen-bond donors (Lipinski definition) is 0. The molecular formula is C28H38O5. The summed E-state index contributed by atoms with van der Waals surface area (Å²) < 4.78 is 11.5.